The summed E-state index contributed by atoms with van der Waals surface area (Å²) in [6.45, 7) is 0. The first-order chi connectivity index (χ1) is 8.24. The Morgan fingerprint density at radius 1 is 1.18 bits per heavy atom. The minimum Gasteiger partial charge on any atom is -0.328 e. The van der Waals surface area contributed by atoms with Crippen molar-refractivity contribution in [2.75, 3.05) is 0 Å². The van der Waals surface area contributed by atoms with Gasteiger partial charge in [-0.2, -0.15) is 5.10 Å². The first-order valence-corrected chi connectivity index (χ1v) is 5.35. The Morgan fingerprint density at radius 2 is 2.00 bits per heavy atom. The number of nitrogens with one attached hydrogen (secondary N) is 1. The molecule has 0 aliphatic carbocycles. The number of hydrogen-bond acceptors (Lipinski definition) is 2. The summed E-state index contributed by atoms with van der Waals surface area (Å²) in [5, 5.41) is 5.30. The molecule has 0 atom stereocenters. The van der Waals surface area contributed by atoms with Gasteiger partial charge in [-0.1, -0.05) is 6.07 Å². The van der Waals surface area contributed by atoms with Gasteiger partial charge in [0.05, 0.1) is 11.7 Å². The van der Waals surface area contributed by atoms with Crippen LogP contribution < -0.4 is 5.56 Å². The molecule has 17 heavy (non-hydrogen) atoms. The zero-order chi connectivity index (χ0) is 11.8. The van der Waals surface area contributed by atoms with Crippen LogP contribution in [0.1, 0.15) is 0 Å². The van der Waals surface area contributed by atoms with Crippen LogP contribution in [-0.2, 0) is 7.05 Å². The number of nitrogens with zero attached hydrogens (tertiary/aromatic N) is 2. The zero-order valence-corrected chi connectivity index (χ0v) is 9.34. The monoisotopic (exact) mass is 225 g/mol. The Kier molecular flexibility index (Phi) is 2.08. The van der Waals surface area contributed by atoms with E-state index in [-0.39, 0.29) is 5.56 Å². The first-order valence-electron chi connectivity index (χ1n) is 5.35. The number of aryl methyl sites for hydroxylation is 1. The van der Waals surface area contributed by atoms with Gasteiger partial charge in [-0.3, -0.25) is 9.48 Å². The molecular formula is C13H11N3O. The van der Waals surface area contributed by atoms with Gasteiger partial charge in [0.15, 0.2) is 0 Å². The number of rotatable bonds is 1. The number of pyridine rings is 1. The largest absolute Gasteiger partial charge is 0.328 e. The number of hydrogen-bond donors (Lipinski definition) is 1. The number of H-pyrrole nitrogens is 1. The van der Waals surface area contributed by atoms with Crippen molar-refractivity contribution in [3.63, 3.8) is 0 Å². The summed E-state index contributed by atoms with van der Waals surface area (Å²) in [6, 6.07) is 9.47. The average Bonchev–Trinajstić information content (AvgIpc) is 2.72. The van der Waals surface area contributed by atoms with E-state index in [2.05, 4.69) is 16.1 Å². The van der Waals surface area contributed by atoms with Gasteiger partial charge in [0, 0.05) is 24.7 Å². The maximum absolute atomic E-state index is 11.0. The third-order valence-electron chi connectivity index (χ3n) is 2.86. The molecule has 0 radical (unpaired) electrons. The van der Waals surface area contributed by atoms with Gasteiger partial charge in [0.1, 0.15) is 0 Å². The van der Waals surface area contributed by atoms with Crippen LogP contribution in [0.15, 0.2) is 47.5 Å². The second kappa shape index (κ2) is 3.59. The Bertz CT molecular complexity index is 719. The Morgan fingerprint density at radius 3 is 2.76 bits per heavy atom. The Labute approximate surface area is 97.5 Å². The van der Waals surface area contributed by atoms with Gasteiger partial charge in [0.25, 0.3) is 0 Å². The van der Waals surface area contributed by atoms with Crippen molar-refractivity contribution in [1.82, 2.24) is 14.8 Å². The van der Waals surface area contributed by atoms with Gasteiger partial charge < -0.3 is 4.98 Å². The van der Waals surface area contributed by atoms with Crippen molar-refractivity contribution in [1.29, 1.82) is 0 Å². The van der Waals surface area contributed by atoms with E-state index in [9.17, 15) is 4.79 Å². The molecule has 0 spiro atoms. The van der Waals surface area contributed by atoms with E-state index in [1.165, 1.54) is 6.07 Å². The van der Waals surface area contributed by atoms with E-state index < -0.39 is 0 Å². The SMILES string of the molecule is Cn1ncc2cc(-c3ccc(=O)[nH]c3)ccc21. The summed E-state index contributed by atoms with van der Waals surface area (Å²) in [5.41, 5.74) is 3.08. The lowest BCUT2D eigenvalue weighted by Gasteiger charge is -2.01. The van der Waals surface area contributed by atoms with Crippen LogP contribution in [-0.4, -0.2) is 14.8 Å². The number of benzene rings is 1. The Balaban J connectivity index is 2.17. The smallest absolute Gasteiger partial charge is 0.247 e. The molecule has 0 aliphatic heterocycles. The highest BCUT2D eigenvalue weighted by molar-refractivity contribution is 5.84. The maximum Gasteiger partial charge on any atom is 0.247 e. The van der Waals surface area contributed by atoms with Crippen LogP contribution in [0.5, 0.6) is 0 Å². The molecule has 0 amide bonds. The third-order valence-corrected chi connectivity index (χ3v) is 2.86. The van der Waals surface area contributed by atoms with Gasteiger partial charge >= 0.3 is 0 Å². The molecule has 3 rings (SSSR count). The van der Waals surface area contributed by atoms with Crippen LogP contribution >= 0.6 is 0 Å². The van der Waals surface area contributed by atoms with Crippen LogP contribution in [0.25, 0.3) is 22.0 Å². The molecule has 0 fully saturated rings. The number of fused-ring (bicyclic) bond motifs is 1. The van der Waals surface area contributed by atoms with Gasteiger partial charge in [-0.15, -0.1) is 0 Å². The van der Waals surface area contributed by atoms with Crippen molar-refractivity contribution >= 4 is 10.9 Å². The predicted octanol–water partition coefficient (Wildman–Crippen LogP) is 1.93. The molecule has 4 heteroatoms. The topological polar surface area (TPSA) is 50.7 Å². The molecular weight excluding hydrogens is 214 g/mol. The lowest BCUT2D eigenvalue weighted by atomic mass is 10.1. The average molecular weight is 225 g/mol. The quantitative estimate of drug-likeness (QED) is 0.688. The van der Waals surface area contributed by atoms with E-state index in [0.29, 0.717) is 0 Å². The van der Waals surface area contributed by atoms with E-state index >= 15 is 0 Å². The fourth-order valence-corrected chi connectivity index (χ4v) is 1.93. The molecule has 2 aromatic heterocycles. The molecule has 84 valence electrons. The van der Waals surface area contributed by atoms with E-state index in [1.807, 2.05) is 36.1 Å². The maximum atomic E-state index is 11.0. The second-order valence-corrected chi connectivity index (χ2v) is 3.98. The zero-order valence-electron chi connectivity index (χ0n) is 9.34. The minimum absolute atomic E-state index is 0.0868. The van der Waals surface area contributed by atoms with Crippen molar-refractivity contribution in [2.24, 2.45) is 7.05 Å². The fraction of sp³-hybridized carbons (Fsp3) is 0.0769. The second-order valence-electron chi connectivity index (χ2n) is 3.98. The highest BCUT2D eigenvalue weighted by Crippen LogP contribution is 2.22. The molecule has 1 aromatic carbocycles. The fourth-order valence-electron chi connectivity index (χ4n) is 1.93. The number of aromatic amines is 1. The molecule has 4 nitrogen and oxygen atoms in total. The summed E-state index contributed by atoms with van der Waals surface area (Å²) in [4.78, 5) is 13.7. The van der Waals surface area contributed by atoms with E-state index in [1.54, 1.807) is 6.20 Å². The lowest BCUT2D eigenvalue weighted by Crippen LogP contribution is -2.01. The van der Waals surface area contributed by atoms with Gasteiger partial charge in [-0.05, 0) is 29.3 Å². The van der Waals surface area contributed by atoms with Crippen molar-refractivity contribution in [3.05, 3.63) is 53.1 Å². The number of aromatic nitrogens is 3. The molecule has 0 unspecified atom stereocenters. The van der Waals surface area contributed by atoms with E-state index in [4.69, 9.17) is 0 Å². The van der Waals surface area contributed by atoms with Crippen LogP contribution in [0, 0.1) is 0 Å². The van der Waals surface area contributed by atoms with Gasteiger partial charge in [0.2, 0.25) is 5.56 Å². The summed E-state index contributed by atoms with van der Waals surface area (Å²) in [6.07, 6.45) is 3.56. The first kappa shape index (κ1) is 9.84. The van der Waals surface area contributed by atoms with E-state index in [0.717, 1.165) is 22.0 Å². The molecule has 0 saturated carbocycles. The predicted molar refractivity (Wildman–Crippen MR) is 66.8 cm³/mol. The summed E-state index contributed by atoms with van der Waals surface area (Å²) in [7, 11) is 1.92. The molecule has 0 aliphatic rings. The summed E-state index contributed by atoms with van der Waals surface area (Å²) >= 11 is 0. The van der Waals surface area contributed by atoms with Gasteiger partial charge in [-0.25, -0.2) is 0 Å². The third kappa shape index (κ3) is 1.63. The molecule has 0 bridgehead atoms. The standard InChI is InChI=1S/C13H11N3O/c1-16-12-4-2-9(6-11(12)8-15-16)10-3-5-13(17)14-7-10/h2-8H,1H3,(H,14,17). The summed E-state index contributed by atoms with van der Waals surface area (Å²) < 4.78 is 1.84. The van der Waals surface area contributed by atoms with Crippen LogP contribution in [0.2, 0.25) is 0 Å². The minimum atomic E-state index is -0.0868. The normalized spacial score (nSPS) is 10.9. The van der Waals surface area contributed by atoms with Crippen LogP contribution in [0.3, 0.4) is 0 Å². The molecule has 3 aromatic rings. The molecule has 0 saturated heterocycles. The molecule has 1 N–H and O–H groups in total. The summed E-state index contributed by atoms with van der Waals surface area (Å²) in [5.74, 6) is 0. The van der Waals surface area contributed by atoms with Crippen molar-refractivity contribution in [3.8, 4) is 11.1 Å². The highest BCUT2D eigenvalue weighted by Gasteiger charge is 2.02. The van der Waals surface area contributed by atoms with Crippen molar-refractivity contribution in [2.45, 2.75) is 0 Å². The highest BCUT2D eigenvalue weighted by atomic mass is 16.1. The molecule has 2 heterocycles. The van der Waals surface area contributed by atoms with Crippen LogP contribution in [0.4, 0.5) is 0 Å². The Hall–Kier alpha value is -2.36. The lowest BCUT2D eigenvalue weighted by molar-refractivity contribution is 0.797. The van der Waals surface area contributed by atoms with Crippen molar-refractivity contribution < 1.29 is 0 Å².